The Kier molecular flexibility index (Phi) is 25.1. The summed E-state index contributed by atoms with van der Waals surface area (Å²) in [7, 11) is 0. The largest absolute Gasteiger partial charge is 0.325 e. The molecule has 17 heavy (non-hydrogen) atoms. The van der Waals surface area contributed by atoms with Gasteiger partial charge in [-0.05, 0) is 23.6 Å². The Morgan fingerprint density at radius 3 is 0.882 bits per heavy atom. The van der Waals surface area contributed by atoms with Gasteiger partial charge in [-0.15, -0.1) is 0 Å². The second kappa shape index (κ2) is 15.7. The predicted molar refractivity (Wildman–Crippen MR) is 71.7 cm³/mol. The van der Waals surface area contributed by atoms with Crippen LogP contribution in [-0.4, -0.2) is 29.4 Å². The van der Waals surface area contributed by atoms with Crippen molar-refractivity contribution in [3.8, 4) is 0 Å². The van der Waals surface area contributed by atoms with E-state index >= 15 is 0 Å². The van der Waals surface area contributed by atoms with Crippen molar-refractivity contribution in [1.82, 2.24) is 0 Å². The van der Waals surface area contributed by atoms with Gasteiger partial charge in [0.25, 0.3) is 0 Å². The van der Waals surface area contributed by atoms with Crippen LogP contribution >= 0.6 is 13.4 Å². The summed E-state index contributed by atoms with van der Waals surface area (Å²) in [5, 5.41) is 0. The fraction of sp³-hybridized carbons (Fsp3) is 1.00. The molecule has 0 heterocycles. The van der Waals surface area contributed by atoms with Crippen molar-refractivity contribution in [3.63, 3.8) is 0 Å². The Morgan fingerprint density at radius 2 is 0.824 bits per heavy atom. The van der Waals surface area contributed by atoms with Crippen LogP contribution < -0.4 is 0 Å². The molecule has 0 spiro atoms. The minimum Gasteiger partial charge on any atom is -0.325 e. The van der Waals surface area contributed by atoms with Crippen LogP contribution in [0.4, 0.5) is 0 Å². The number of hydrogen-bond donors (Lipinski definition) is 6. The van der Waals surface area contributed by atoms with Gasteiger partial charge in [-0.2, -0.15) is 0 Å². The molecule has 0 saturated heterocycles. The van der Waals surface area contributed by atoms with Crippen LogP contribution in [0.5, 0.6) is 0 Å². The van der Waals surface area contributed by atoms with Gasteiger partial charge in [0.15, 0.2) is 0 Å². The third-order valence-electron chi connectivity index (χ3n) is 0.957. The van der Waals surface area contributed by atoms with E-state index in [0.29, 0.717) is 0 Å². The van der Waals surface area contributed by atoms with E-state index in [0.717, 1.165) is 0 Å². The zero-order chi connectivity index (χ0) is 13.8. The summed E-state index contributed by atoms with van der Waals surface area (Å²) in [6.07, 6.45) is 5.54. The molecular formula is C6H20O6P2S2Zn. The Hall–Kier alpha value is 1.68. The summed E-state index contributed by atoms with van der Waals surface area (Å²) in [5.41, 5.74) is 0. The zero-order valence-electron chi connectivity index (χ0n) is 9.93. The predicted octanol–water partition coefficient (Wildman–Crippen LogP) is 0.960. The van der Waals surface area contributed by atoms with Gasteiger partial charge in [0, 0.05) is 19.5 Å². The second-order valence-corrected chi connectivity index (χ2v) is 7.73. The average Bonchev–Trinajstić information content (AvgIpc) is 1.94. The van der Waals surface area contributed by atoms with E-state index < -0.39 is 13.4 Å². The van der Waals surface area contributed by atoms with E-state index in [4.69, 9.17) is 29.4 Å². The molecule has 0 aromatic heterocycles. The number of rotatable bonds is 3. The first-order valence-electron chi connectivity index (χ1n) is 4.48. The molecule has 0 fully saturated rings. The van der Waals surface area contributed by atoms with E-state index in [9.17, 15) is 0 Å². The van der Waals surface area contributed by atoms with Gasteiger partial charge in [-0.1, -0.05) is 39.5 Å². The van der Waals surface area contributed by atoms with E-state index in [1.807, 2.05) is 0 Å². The maximum Gasteiger partial charge on any atom is 0.319 e. The Balaban J connectivity index is -0.0000000729. The summed E-state index contributed by atoms with van der Waals surface area (Å²) in [6.45, 7) is -3.15. The van der Waals surface area contributed by atoms with Crippen molar-refractivity contribution < 1.29 is 48.8 Å². The molecule has 0 aliphatic carbocycles. The second-order valence-electron chi connectivity index (χ2n) is 2.73. The third-order valence-corrected chi connectivity index (χ3v) is 0.957. The quantitative estimate of drug-likeness (QED) is 0.244. The Labute approximate surface area is 125 Å². The maximum atomic E-state index is 7.56. The molecule has 104 valence electrons. The van der Waals surface area contributed by atoms with Crippen LogP contribution in [0, 0.1) is 0 Å². The first-order valence-corrected chi connectivity index (χ1v) is 9.80. The zero-order valence-corrected chi connectivity index (χ0v) is 16.3. The molecule has 0 radical (unpaired) electrons. The molecule has 0 atom stereocenters. The van der Waals surface area contributed by atoms with Gasteiger partial charge in [-0.25, -0.2) is 0 Å². The van der Waals surface area contributed by atoms with Crippen molar-refractivity contribution in [3.05, 3.63) is 0 Å². The Morgan fingerprint density at radius 1 is 0.706 bits per heavy atom. The van der Waals surface area contributed by atoms with Crippen molar-refractivity contribution in [1.29, 1.82) is 0 Å². The van der Waals surface area contributed by atoms with Gasteiger partial charge in [-0.3, -0.25) is 0 Å². The van der Waals surface area contributed by atoms with Crippen LogP contribution in [0.1, 0.15) is 39.5 Å². The fourth-order valence-electron chi connectivity index (χ4n) is 0.500. The van der Waals surface area contributed by atoms with Crippen molar-refractivity contribution >= 4 is 37.1 Å². The van der Waals surface area contributed by atoms with Crippen molar-refractivity contribution in [2.24, 2.45) is 0 Å². The van der Waals surface area contributed by atoms with Gasteiger partial charge >= 0.3 is 13.4 Å². The maximum absolute atomic E-state index is 7.56. The van der Waals surface area contributed by atoms with Crippen LogP contribution in [0.15, 0.2) is 0 Å². The fourth-order valence-corrected chi connectivity index (χ4v) is 0.500. The van der Waals surface area contributed by atoms with E-state index in [1.165, 1.54) is 25.7 Å². The van der Waals surface area contributed by atoms with Gasteiger partial charge < -0.3 is 29.4 Å². The molecule has 0 rings (SSSR count). The summed E-state index contributed by atoms with van der Waals surface area (Å²) in [6, 6.07) is 0. The molecule has 0 amide bonds. The van der Waals surface area contributed by atoms with E-state index in [-0.39, 0.29) is 19.5 Å². The normalized spacial score (nSPS) is 10.1. The Bertz CT molecular complexity index is 190. The minimum absolute atomic E-state index is 0. The topological polar surface area (TPSA) is 121 Å². The molecule has 6 nitrogen and oxygen atoms in total. The number of hydrogen-bond acceptors (Lipinski definition) is 2. The minimum atomic E-state index is -3.81. The summed E-state index contributed by atoms with van der Waals surface area (Å²) in [5.74, 6) is 0. The molecule has 0 aromatic rings. The van der Waals surface area contributed by atoms with E-state index in [1.54, 1.807) is 0 Å². The standard InChI is InChI=1S/C6H14.2H3O3PS.Zn/c1-3-5-6-4-2;2*1-4(2,3)5;/h3-6H2,1-2H3;2*(H3,1,2,3,5);. The van der Waals surface area contributed by atoms with Gasteiger partial charge in [0.05, 0.1) is 0 Å². The van der Waals surface area contributed by atoms with E-state index in [2.05, 4.69) is 37.5 Å². The molecule has 0 aliphatic heterocycles. The molecule has 0 aromatic carbocycles. The first-order chi connectivity index (χ1) is 6.91. The summed E-state index contributed by atoms with van der Waals surface area (Å²) in [4.78, 5) is 45.3. The smallest absolute Gasteiger partial charge is 0.319 e. The monoisotopic (exact) mass is 378 g/mol. The van der Waals surface area contributed by atoms with Crippen LogP contribution in [0.25, 0.3) is 0 Å². The molecule has 0 unspecified atom stereocenters. The SMILES string of the molecule is CCCCCC.OP(O)(O)=S.OP(O)(O)=S.[Zn]. The molecule has 11 heteroatoms. The molecule has 0 bridgehead atoms. The van der Waals surface area contributed by atoms with Crippen LogP contribution in [0.3, 0.4) is 0 Å². The molecule has 0 saturated carbocycles. The summed E-state index contributed by atoms with van der Waals surface area (Å²) >= 11 is 7.21. The van der Waals surface area contributed by atoms with Gasteiger partial charge in [0.1, 0.15) is 0 Å². The van der Waals surface area contributed by atoms with Crippen molar-refractivity contribution in [2.75, 3.05) is 0 Å². The van der Waals surface area contributed by atoms with Crippen LogP contribution in [0.2, 0.25) is 0 Å². The molecule has 6 N–H and O–H groups in total. The number of unbranched alkanes of at least 4 members (excludes halogenated alkanes) is 3. The van der Waals surface area contributed by atoms with Gasteiger partial charge in [0.2, 0.25) is 0 Å². The van der Waals surface area contributed by atoms with Crippen molar-refractivity contribution in [2.45, 2.75) is 39.5 Å². The van der Waals surface area contributed by atoms with Crippen LogP contribution in [-0.2, 0) is 43.1 Å². The average molecular weight is 380 g/mol. The summed E-state index contributed by atoms with van der Waals surface area (Å²) < 4.78 is 0. The third kappa shape index (κ3) is 198. The first kappa shape index (κ1) is 27.1. The molecular weight excluding hydrogens is 360 g/mol. The molecule has 0 aliphatic rings.